The molecule has 0 fully saturated rings. The first kappa shape index (κ1) is 10.7. The summed E-state index contributed by atoms with van der Waals surface area (Å²) in [7, 11) is 0. The van der Waals surface area contributed by atoms with Gasteiger partial charge >= 0.3 is 0 Å². The fraction of sp³-hybridized carbons (Fsp3) is 0.455. The molecule has 0 atom stereocenters. The summed E-state index contributed by atoms with van der Waals surface area (Å²) in [4.78, 5) is 0. The largest absolute Gasteiger partial charge is 0.485 e. The van der Waals surface area contributed by atoms with Crippen LogP contribution in [0.2, 0.25) is 0 Å². The van der Waals surface area contributed by atoms with Gasteiger partial charge in [0.05, 0.1) is 23.7 Å². The van der Waals surface area contributed by atoms with Crippen molar-refractivity contribution < 1.29 is 9.26 Å². The van der Waals surface area contributed by atoms with E-state index in [-0.39, 0.29) is 0 Å². The molecule has 0 saturated carbocycles. The second kappa shape index (κ2) is 4.38. The number of nitrogens with zero attached hydrogens (tertiary/aromatic N) is 3. The molecule has 0 aromatic carbocycles. The fourth-order valence-electron chi connectivity index (χ4n) is 1.46. The molecule has 0 spiro atoms. The summed E-state index contributed by atoms with van der Waals surface area (Å²) >= 11 is 0. The van der Waals surface area contributed by atoms with E-state index in [1.54, 1.807) is 6.20 Å². The average molecular weight is 221 g/mol. The Morgan fingerprint density at radius 1 is 1.44 bits per heavy atom. The maximum Gasteiger partial charge on any atom is 0.157 e. The van der Waals surface area contributed by atoms with Gasteiger partial charge in [0.25, 0.3) is 0 Å². The first-order valence-electron chi connectivity index (χ1n) is 5.27. The Morgan fingerprint density at radius 3 is 2.81 bits per heavy atom. The molecular weight excluding hydrogens is 206 g/mol. The third-order valence-electron chi connectivity index (χ3n) is 2.50. The van der Waals surface area contributed by atoms with E-state index in [0.717, 1.165) is 29.3 Å². The van der Waals surface area contributed by atoms with E-state index in [2.05, 4.69) is 10.3 Å². The van der Waals surface area contributed by atoms with Crippen molar-refractivity contribution in [3.63, 3.8) is 0 Å². The van der Waals surface area contributed by atoms with E-state index in [0.29, 0.717) is 6.61 Å². The Kier molecular flexibility index (Phi) is 2.94. The topological polar surface area (TPSA) is 53.1 Å². The molecule has 2 aromatic rings. The molecule has 2 rings (SSSR count). The normalized spacial score (nSPS) is 10.7. The molecule has 0 saturated heterocycles. The van der Waals surface area contributed by atoms with Crippen LogP contribution in [0.5, 0.6) is 5.75 Å². The van der Waals surface area contributed by atoms with Crippen LogP contribution in [-0.4, -0.2) is 14.9 Å². The zero-order valence-corrected chi connectivity index (χ0v) is 9.73. The van der Waals surface area contributed by atoms with Crippen LogP contribution in [0.15, 0.2) is 16.9 Å². The zero-order chi connectivity index (χ0) is 11.5. The maximum absolute atomic E-state index is 5.61. The summed E-state index contributed by atoms with van der Waals surface area (Å²) in [5.74, 6) is 1.57. The quantitative estimate of drug-likeness (QED) is 0.793. The van der Waals surface area contributed by atoms with Crippen molar-refractivity contribution in [3.8, 4) is 5.75 Å². The molecule has 0 aliphatic rings. The standard InChI is InChI=1S/C11H15N3O2/c1-4-14-6-10(5-12-14)15-7-11-8(2)13-16-9(11)3/h5-6H,4,7H2,1-3H3. The molecule has 86 valence electrons. The van der Waals surface area contributed by atoms with E-state index in [1.165, 1.54) is 0 Å². The monoisotopic (exact) mass is 221 g/mol. The Hall–Kier alpha value is -1.78. The Labute approximate surface area is 94.0 Å². The lowest BCUT2D eigenvalue weighted by molar-refractivity contribution is 0.301. The Bertz CT molecular complexity index is 454. The van der Waals surface area contributed by atoms with Crippen LogP contribution in [-0.2, 0) is 13.2 Å². The number of ether oxygens (including phenoxy) is 1. The van der Waals surface area contributed by atoms with E-state index in [4.69, 9.17) is 9.26 Å². The van der Waals surface area contributed by atoms with Crippen LogP contribution < -0.4 is 4.74 Å². The van der Waals surface area contributed by atoms with Gasteiger partial charge in [-0.15, -0.1) is 0 Å². The molecule has 0 unspecified atom stereocenters. The highest BCUT2D eigenvalue weighted by molar-refractivity contribution is 5.21. The van der Waals surface area contributed by atoms with Crippen LogP contribution in [0.25, 0.3) is 0 Å². The number of rotatable bonds is 4. The van der Waals surface area contributed by atoms with Crippen LogP contribution in [0.4, 0.5) is 0 Å². The molecule has 2 aromatic heterocycles. The molecule has 0 bridgehead atoms. The molecule has 5 nitrogen and oxygen atoms in total. The minimum absolute atomic E-state index is 0.469. The van der Waals surface area contributed by atoms with Gasteiger partial charge in [0.2, 0.25) is 0 Å². The van der Waals surface area contributed by atoms with Gasteiger partial charge in [0.1, 0.15) is 12.4 Å². The number of hydrogen-bond acceptors (Lipinski definition) is 4. The van der Waals surface area contributed by atoms with Crippen molar-refractivity contribution in [3.05, 3.63) is 29.4 Å². The SMILES string of the molecule is CCn1cc(OCc2c(C)noc2C)cn1. The molecule has 0 aliphatic carbocycles. The summed E-state index contributed by atoms with van der Waals surface area (Å²) in [5, 5.41) is 8.01. The summed E-state index contributed by atoms with van der Waals surface area (Å²) in [6.45, 7) is 7.13. The second-order valence-corrected chi connectivity index (χ2v) is 3.62. The van der Waals surface area contributed by atoms with Gasteiger partial charge in [-0.1, -0.05) is 5.16 Å². The van der Waals surface area contributed by atoms with Gasteiger partial charge in [-0.3, -0.25) is 4.68 Å². The molecule has 0 amide bonds. The minimum atomic E-state index is 0.469. The van der Waals surface area contributed by atoms with E-state index >= 15 is 0 Å². The zero-order valence-electron chi connectivity index (χ0n) is 9.73. The highest BCUT2D eigenvalue weighted by atomic mass is 16.5. The van der Waals surface area contributed by atoms with Gasteiger partial charge in [-0.2, -0.15) is 5.10 Å². The van der Waals surface area contributed by atoms with E-state index in [1.807, 2.05) is 31.6 Å². The molecule has 0 N–H and O–H groups in total. The second-order valence-electron chi connectivity index (χ2n) is 3.62. The Balaban J connectivity index is 2.02. The molecule has 0 aliphatic heterocycles. The predicted molar refractivity (Wildman–Crippen MR) is 58.2 cm³/mol. The van der Waals surface area contributed by atoms with Crippen LogP contribution >= 0.6 is 0 Å². The maximum atomic E-state index is 5.61. The van der Waals surface area contributed by atoms with Gasteiger partial charge < -0.3 is 9.26 Å². The van der Waals surface area contributed by atoms with Gasteiger partial charge in [-0.25, -0.2) is 0 Å². The highest BCUT2D eigenvalue weighted by Gasteiger charge is 2.09. The number of aromatic nitrogens is 3. The lowest BCUT2D eigenvalue weighted by Gasteiger charge is -2.01. The summed E-state index contributed by atoms with van der Waals surface area (Å²) in [6.07, 6.45) is 3.58. The third-order valence-corrected chi connectivity index (χ3v) is 2.50. The first-order valence-corrected chi connectivity index (χ1v) is 5.27. The summed E-state index contributed by atoms with van der Waals surface area (Å²) < 4.78 is 12.5. The van der Waals surface area contributed by atoms with E-state index < -0.39 is 0 Å². The molecule has 16 heavy (non-hydrogen) atoms. The van der Waals surface area contributed by atoms with Gasteiger partial charge in [-0.05, 0) is 20.8 Å². The van der Waals surface area contributed by atoms with Crippen molar-refractivity contribution in [2.24, 2.45) is 0 Å². The van der Waals surface area contributed by atoms with Crippen molar-refractivity contribution >= 4 is 0 Å². The van der Waals surface area contributed by atoms with Crippen molar-refractivity contribution in [1.29, 1.82) is 0 Å². The number of hydrogen-bond donors (Lipinski definition) is 0. The molecule has 2 heterocycles. The highest BCUT2D eigenvalue weighted by Crippen LogP contribution is 2.16. The van der Waals surface area contributed by atoms with Crippen LogP contribution in [0, 0.1) is 13.8 Å². The molecule has 5 heteroatoms. The molecular formula is C11H15N3O2. The number of aryl methyl sites for hydroxylation is 3. The van der Waals surface area contributed by atoms with E-state index in [9.17, 15) is 0 Å². The van der Waals surface area contributed by atoms with Crippen LogP contribution in [0.3, 0.4) is 0 Å². The van der Waals surface area contributed by atoms with Crippen molar-refractivity contribution in [2.45, 2.75) is 33.9 Å². The Morgan fingerprint density at radius 2 is 2.25 bits per heavy atom. The van der Waals surface area contributed by atoms with Crippen molar-refractivity contribution in [2.75, 3.05) is 0 Å². The third kappa shape index (κ3) is 2.08. The lowest BCUT2D eigenvalue weighted by atomic mass is 10.2. The van der Waals surface area contributed by atoms with Gasteiger partial charge in [0.15, 0.2) is 5.75 Å². The molecule has 0 radical (unpaired) electrons. The summed E-state index contributed by atoms with van der Waals surface area (Å²) in [6, 6.07) is 0. The van der Waals surface area contributed by atoms with Crippen molar-refractivity contribution in [1.82, 2.24) is 14.9 Å². The lowest BCUT2D eigenvalue weighted by Crippen LogP contribution is -1.97. The fourth-order valence-corrected chi connectivity index (χ4v) is 1.46. The van der Waals surface area contributed by atoms with Gasteiger partial charge in [0, 0.05) is 6.54 Å². The first-order chi connectivity index (χ1) is 7.70. The predicted octanol–water partition coefficient (Wildman–Crippen LogP) is 2.09. The van der Waals surface area contributed by atoms with Crippen LogP contribution in [0.1, 0.15) is 23.9 Å². The minimum Gasteiger partial charge on any atom is -0.485 e. The smallest absolute Gasteiger partial charge is 0.157 e. The summed E-state index contributed by atoms with van der Waals surface area (Å²) in [5.41, 5.74) is 1.88. The average Bonchev–Trinajstić information content (AvgIpc) is 2.85.